The van der Waals surface area contributed by atoms with Crippen molar-refractivity contribution in [3.63, 3.8) is 0 Å². The lowest BCUT2D eigenvalue weighted by molar-refractivity contribution is -0.134. The third-order valence-corrected chi connectivity index (χ3v) is 5.36. The molecule has 2 aromatic rings. The Hall–Kier alpha value is -2.76. The van der Waals surface area contributed by atoms with Crippen LogP contribution >= 0.6 is 0 Å². The molecule has 2 aromatic carbocycles. The zero-order chi connectivity index (χ0) is 19.0. The molecule has 1 heterocycles. The Morgan fingerprint density at radius 1 is 0.852 bits per heavy atom. The third kappa shape index (κ3) is 3.70. The van der Waals surface area contributed by atoms with E-state index in [1.165, 1.54) is 30.3 Å². The van der Waals surface area contributed by atoms with Gasteiger partial charge in [0.25, 0.3) is 5.91 Å². The maximum atomic E-state index is 13.3. The maximum absolute atomic E-state index is 13.3. The lowest BCUT2D eigenvalue weighted by atomic mass is 10.1. The van der Waals surface area contributed by atoms with Gasteiger partial charge in [-0.3, -0.25) is 9.59 Å². The molecular weight excluding hydrogens is 350 g/mol. The van der Waals surface area contributed by atoms with E-state index in [9.17, 15) is 18.4 Å². The van der Waals surface area contributed by atoms with Crippen molar-refractivity contribution in [2.24, 2.45) is 5.92 Å². The second-order valence-electron chi connectivity index (χ2n) is 7.13. The van der Waals surface area contributed by atoms with Crippen LogP contribution in [-0.4, -0.2) is 47.8 Å². The van der Waals surface area contributed by atoms with Gasteiger partial charge in [0.15, 0.2) is 0 Å². The molecule has 2 fully saturated rings. The molecular formula is C21H20F2N2O2. The molecule has 0 spiro atoms. The summed E-state index contributed by atoms with van der Waals surface area (Å²) in [6, 6.07) is 12.0. The highest BCUT2D eigenvalue weighted by molar-refractivity contribution is 5.94. The summed E-state index contributed by atoms with van der Waals surface area (Å²) in [6.45, 7) is 1.84. The van der Waals surface area contributed by atoms with Crippen LogP contribution in [-0.2, 0) is 4.79 Å². The van der Waals surface area contributed by atoms with E-state index in [-0.39, 0.29) is 29.5 Å². The summed E-state index contributed by atoms with van der Waals surface area (Å²) in [4.78, 5) is 28.6. The number of carbonyl (C=O) groups excluding carboxylic acids is 2. The van der Waals surface area contributed by atoms with Gasteiger partial charge in [0, 0.05) is 37.7 Å². The lowest BCUT2D eigenvalue weighted by Gasteiger charge is -2.35. The molecule has 2 amide bonds. The molecule has 6 heteroatoms. The highest BCUT2D eigenvalue weighted by Gasteiger charge is 2.46. The van der Waals surface area contributed by atoms with Crippen LogP contribution in [0.15, 0.2) is 48.5 Å². The molecule has 0 bridgehead atoms. The molecule has 27 heavy (non-hydrogen) atoms. The highest BCUT2D eigenvalue weighted by Crippen LogP contribution is 2.48. The van der Waals surface area contributed by atoms with Crippen molar-refractivity contribution in [3.8, 4) is 0 Å². The van der Waals surface area contributed by atoms with Crippen LogP contribution in [0.4, 0.5) is 8.78 Å². The zero-order valence-corrected chi connectivity index (χ0v) is 14.8. The first-order chi connectivity index (χ1) is 13.0. The van der Waals surface area contributed by atoms with Crippen LogP contribution in [0.25, 0.3) is 0 Å². The molecule has 140 valence electrons. The second-order valence-corrected chi connectivity index (χ2v) is 7.13. The number of hydrogen-bond donors (Lipinski definition) is 0. The van der Waals surface area contributed by atoms with Crippen LogP contribution in [0, 0.1) is 17.6 Å². The van der Waals surface area contributed by atoms with Gasteiger partial charge in [0.05, 0.1) is 0 Å². The largest absolute Gasteiger partial charge is 0.339 e. The van der Waals surface area contributed by atoms with E-state index in [1.807, 2.05) is 0 Å². The van der Waals surface area contributed by atoms with Gasteiger partial charge in [-0.2, -0.15) is 0 Å². The van der Waals surface area contributed by atoms with Crippen molar-refractivity contribution in [2.75, 3.05) is 26.2 Å². The number of hydrogen-bond acceptors (Lipinski definition) is 2. The standard InChI is InChI=1S/C21H20F2N2O2/c22-16-6-4-14(5-7-16)18-13-19(18)21(27)25-10-8-24(9-11-25)20(26)15-2-1-3-17(23)12-15/h1-7,12,18-19H,8-11,13H2. The summed E-state index contributed by atoms with van der Waals surface area (Å²) in [5.74, 6) is -0.720. The number of halogens is 2. The average molecular weight is 370 g/mol. The molecule has 1 saturated carbocycles. The lowest BCUT2D eigenvalue weighted by Crippen LogP contribution is -2.51. The number of nitrogens with zero attached hydrogens (tertiary/aromatic N) is 2. The molecule has 0 N–H and O–H groups in total. The van der Waals surface area contributed by atoms with Crippen molar-refractivity contribution < 1.29 is 18.4 Å². The fraction of sp³-hybridized carbons (Fsp3) is 0.333. The predicted octanol–water partition coefficient (Wildman–Crippen LogP) is 3.05. The SMILES string of the molecule is O=C(c1cccc(F)c1)N1CCN(C(=O)C2CC2c2ccc(F)cc2)CC1. The minimum atomic E-state index is -0.435. The van der Waals surface area contributed by atoms with E-state index >= 15 is 0 Å². The maximum Gasteiger partial charge on any atom is 0.254 e. The van der Waals surface area contributed by atoms with Crippen molar-refractivity contribution in [1.82, 2.24) is 9.80 Å². The number of benzene rings is 2. The number of carbonyl (C=O) groups is 2. The van der Waals surface area contributed by atoms with Gasteiger partial charge in [-0.1, -0.05) is 18.2 Å². The molecule has 1 aliphatic heterocycles. The van der Waals surface area contributed by atoms with E-state index in [2.05, 4.69) is 0 Å². The summed E-state index contributed by atoms with van der Waals surface area (Å²) in [5, 5.41) is 0. The van der Waals surface area contributed by atoms with Crippen molar-refractivity contribution in [1.29, 1.82) is 0 Å². The molecule has 2 aliphatic rings. The highest BCUT2D eigenvalue weighted by atomic mass is 19.1. The second kappa shape index (κ2) is 7.10. The first-order valence-electron chi connectivity index (χ1n) is 9.12. The van der Waals surface area contributed by atoms with Crippen LogP contribution in [0.2, 0.25) is 0 Å². The molecule has 4 rings (SSSR count). The molecule has 0 aromatic heterocycles. The molecule has 4 nitrogen and oxygen atoms in total. The Kier molecular flexibility index (Phi) is 4.64. The molecule has 2 unspecified atom stereocenters. The summed E-state index contributed by atoms with van der Waals surface area (Å²) in [5.41, 5.74) is 1.32. The van der Waals surface area contributed by atoms with E-state index in [1.54, 1.807) is 28.0 Å². The first-order valence-corrected chi connectivity index (χ1v) is 9.12. The van der Waals surface area contributed by atoms with Crippen molar-refractivity contribution in [2.45, 2.75) is 12.3 Å². The van der Waals surface area contributed by atoms with Gasteiger partial charge in [0.1, 0.15) is 11.6 Å². The summed E-state index contributed by atoms with van der Waals surface area (Å²) < 4.78 is 26.3. The van der Waals surface area contributed by atoms with E-state index < -0.39 is 5.82 Å². The Balaban J connectivity index is 1.32. The minimum absolute atomic E-state index is 0.0547. The minimum Gasteiger partial charge on any atom is -0.339 e. The topological polar surface area (TPSA) is 40.6 Å². The Morgan fingerprint density at radius 3 is 2.19 bits per heavy atom. The van der Waals surface area contributed by atoms with Crippen LogP contribution in [0.3, 0.4) is 0 Å². The molecule has 1 aliphatic carbocycles. The predicted molar refractivity (Wildman–Crippen MR) is 96.1 cm³/mol. The molecule has 1 saturated heterocycles. The van der Waals surface area contributed by atoms with Gasteiger partial charge >= 0.3 is 0 Å². The van der Waals surface area contributed by atoms with E-state index in [0.717, 1.165) is 12.0 Å². The zero-order valence-electron chi connectivity index (χ0n) is 14.8. The number of rotatable bonds is 3. The summed E-state index contributed by atoms with van der Waals surface area (Å²) >= 11 is 0. The number of amides is 2. The van der Waals surface area contributed by atoms with Gasteiger partial charge in [-0.05, 0) is 48.2 Å². The van der Waals surface area contributed by atoms with Gasteiger partial charge in [-0.25, -0.2) is 8.78 Å². The van der Waals surface area contributed by atoms with Gasteiger partial charge < -0.3 is 9.80 Å². The quantitative estimate of drug-likeness (QED) is 0.833. The fourth-order valence-corrected chi connectivity index (χ4v) is 3.71. The van der Waals surface area contributed by atoms with Crippen LogP contribution < -0.4 is 0 Å². The first kappa shape index (κ1) is 17.6. The Labute approximate surface area is 156 Å². The van der Waals surface area contributed by atoms with Crippen LogP contribution in [0.5, 0.6) is 0 Å². The van der Waals surface area contributed by atoms with Crippen molar-refractivity contribution >= 4 is 11.8 Å². The van der Waals surface area contributed by atoms with Crippen LogP contribution in [0.1, 0.15) is 28.3 Å². The van der Waals surface area contributed by atoms with Crippen molar-refractivity contribution in [3.05, 3.63) is 71.3 Å². The summed E-state index contributed by atoms with van der Waals surface area (Å²) in [7, 11) is 0. The van der Waals surface area contributed by atoms with Gasteiger partial charge in [0.2, 0.25) is 5.91 Å². The smallest absolute Gasteiger partial charge is 0.254 e. The fourth-order valence-electron chi connectivity index (χ4n) is 3.71. The Bertz CT molecular complexity index is 861. The normalized spacial score (nSPS) is 21.9. The number of piperazine rings is 1. The summed E-state index contributed by atoms with van der Waals surface area (Å²) in [6.07, 6.45) is 0.785. The monoisotopic (exact) mass is 370 g/mol. The average Bonchev–Trinajstić information content (AvgIpc) is 3.48. The molecule has 0 radical (unpaired) electrons. The van der Waals surface area contributed by atoms with Gasteiger partial charge in [-0.15, -0.1) is 0 Å². The van der Waals surface area contributed by atoms with E-state index in [0.29, 0.717) is 31.7 Å². The van der Waals surface area contributed by atoms with E-state index in [4.69, 9.17) is 0 Å². The molecule has 2 atom stereocenters. The Morgan fingerprint density at radius 2 is 1.52 bits per heavy atom. The third-order valence-electron chi connectivity index (χ3n) is 5.36.